The summed E-state index contributed by atoms with van der Waals surface area (Å²) in [5.41, 5.74) is -1.62. The quantitative estimate of drug-likeness (QED) is 0.523. The Morgan fingerprint density at radius 3 is 1.83 bits per heavy atom. The minimum Gasteiger partial charge on any atom is -0.402 e. The lowest BCUT2D eigenvalue weighted by atomic mass is 9.91. The topological polar surface area (TPSA) is 69.9 Å². The highest BCUT2D eigenvalue weighted by molar-refractivity contribution is 6.32. The molecule has 0 fully saturated rings. The predicted octanol–water partition coefficient (Wildman–Crippen LogP) is -0.0879. The maximum absolute atomic E-state index is 9.42. The van der Waals surface area contributed by atoms with Crippen molar-refractivity contribution < 1.29 is 19.8 Å². The standard InChI is InChI=1S/C7H17BO4/c1-6(2,9)5-7(3,4)12-8(10)11/h9-11H,5H2,1-4H3. The molecule has 0 aliphatic heterocycles. The molecule has 0 aliphatic carbocycles. The van der Waals surface area contributed by atoms with Crippen LogP contribution < -0.4 is 0 Å². The molecule has 0 aromatic rings. The second-order valence-corrected chi connectivity index (χ2v) is 4.19. The van der Waals surface area contributed by atoms with Gasteiger partial charge in [-0.05, 0) is 27.7 Å². The Labute approximate surface area is 73.4 Å². The Morgan fingerprint density at radius 2 is 1.58 bits per heavy atom. The lowest BCUT2D eigenvalue weighted by molar-refractivity contribution is -0.0308. The molecule has 0 aromatic carbocycles. The SMILES string of the molecule is CC(C)(O)CC(C)(C)OB(O)O. The normalized spacial score (nSPS) is 13.2. The van der Waals surface area contributed by atoms with E-state index in [4.69, 9.17) is 14.7 Å². The highest BCUT2D eigenvalue weighted by Gasteiger charge is 2.31. The Balaban J connectivity index is 4.04. The van der Waals surface area contributed by atoms with Crippen LogP contribution in [0.25, 0.3) is 0 Å². The van der Waals surface area contributed by atoms with Crippen molar-refractivity contribution in [3.05, 3.63) is 0 Å². The number of hydrogen-bond acceptors (Lipinski definition) is 4. The van der Waals surface area contributed by atoms with Crippen LogP contribution in [0.5, 0.6) is 0 Å². The zero-order valence-electron chi connectivity index (χ0n) is 8.03. The minimum absolute atomic E-state index is 0.331. The van der Waals surface area contributed by atoms with Gasteiger partial charge in [-0.3, -0.25) is 0 Å². The number of rotatable bonds is 4. The second kappa shape index (κ2) is 3.74. The van der Waals surface area contributed by atoms with Crippen LogP contribution >= 0.6 is 0 Å². The fraction of sp³-hybridized carbons (Fsp3) is 1.00. The molecular formula is C7H17BO4. The molecular weight excluding hydrogens is 159 g/mol. The summed E-state index contributed by atoms with van der Waals surface area (Å²) in [7, 11) is -1.79. The van der Waals surface area contributed by atoms with Gasteiger partial charge in [-0.1, -0.05) is 0 Å². The van der Waals surface area contributed by atoms with Gasteiger partial charge in [0, 0.05) is 6.42 Å². The van der Waals surface area contributed by atoms with Gasteiger partial charge in [-0.2, -0.15) is 0 Å². The van der Waals surface area contributed by atoms with E-state index in [-0.39, 0.29) is 0 Å². The van der Waals surface area contributed by atoms with Crippen molar-refractivity contribution in [1.29, 1.82) is 0 Å². The van der Waals surface area contributed by atoms with E-state index in [9.17, 15) is 5.11 Å². The second-order valence-electron chi connectivity index (χ2n) is 4.19. The first-order valence-electron chi connectivity index (χ1n) is 3.89. The molecule has 0 rings (SSSR count). The van der Waals surface area contributed by atoms with Gasteiger partial charge >= 0.3 is 7.32 Å². The van der Waals surface area contributed by atoms with Crippen LogP contribution in [0.2, 0.25) is 0 Å². The van der Waals surface area contributed by atoms with Gasteiger partial charge in [0.25, 0.3) is 0 Å². The molecule has 0 amide bonds. The first-order chi connectivity index (χ1) is 5.12. The first kappa shape index (κ1) is 11.9. The van der Waals surface area contributed by atoms with Crippen molar-refractivity contribution in [1.82, 2.24) is 0 Å². The largest absolute Gasteiger partial charge is 0.634 e. The summed E-state index contributed by atoms with van der Waals surface area (Å²) >= 11 is 0. The molecule has 0 unspecified atom stereocenters. The van der Waals surface area contributed by atoms with Gasteiger partial charge in [-0.15, -0.1) is 0 Å². The molecule has 0 radical (unpaired) electrons. The summed E-state index contributed by atoms with van der Waals surface area (Å²) in [6.45, 7) is 6.65. The van der Waals surface area contributed by atoms with Crippen LogP contribution in [-0.4, -0.2) is 33.7 Å². The van der Waals surface area contributed by atoms with E-state index < -0.39 is 18.5 Å². The van der Waals surface area contributed by atoms with Crippen molar-refractivity contribution in [2.24, 2.45) is 0 Å². The Morgan fingerprint density at radius 1 is 1.17 bits per heavy atom. The van der Waals surface area contributed by atoms with Crippen LogP contribution in [0.3, 0.4) is 0 Å². The molecule has 0 saturated carbocycles. The van der Waals surface area contributed by atoms with Crippen molar-refractivity contribution in [2.75, 3.05) is 0 Å². The molecule has 0 atom stereocenters. The molecule has 0 spiro atoms. The summed E-state index contributed by atoms with van der Waals surface area (Å²) in [6.07, 6.45) is 0.331. The lowest BCUT2D eigenvalue weighted by Gasteiger charge is -2.31. The van der Waals surface area contributed by atoms with Crippen LogP contribution in [0.4, 0.5) is 0 Å². The van der Waals surface area contributed by atoms with Crippen molar-refractivity contribution in [3.8, 4) is 0 Å². The van der Waals surface area contributed by atoms with E-state index in [0.29, 0.717) is 6.42 Å². The van der Waals surface area contributed by atoms with E-state index in [0.717, 1.165) is 0 Å². The summed E-state index contributed by atoms with van der Waals surface area (Å²) in [5, 5.41) is 26.5. The van der Waals surface area contributed by atoms with Crippen LogP contribution in [0.15, 0.2) is 0 Å². The molecule has 0 aliphatic rings. The molecule has 72 valence electrons. The summed E-state index contributed by atoms with van der Waals surface area (Å²) in [5.74, 6) is 0. The monoisotopic (exact) mass is 176 g/mol. The van der Waals surface area contributed by atoms with Crippen molar-refractivity contribution in [3.63, 3.8) is 0 Å². The highest BCUT2D eigenvalue weighted by Crippen LogP contribution is 2.22. The first-order valence-corrected chi connectivity index (χ1v) is 3.89. The predicted molar refractivity (Wildman–Crippen MR) is 46.3 cm³/mol. The zero-order valence-corrected chi connectivity index (χ0v) is 8.03. The minimum atomic E-state index is -1.79. The van der Waals surface area contributed by atoms with Crippen LogP contribution in [-0.2, 0) is 4.65 Å². The van der Waals surface area contributed by atoms with Crippen LogP contribution in [0.1, 0.15) is 34.1 Å². The van der Waals surface area contributed by atoms with Gasteiger partial charge in [0.05, 0.1) is 11.2 Å². The van der Waals surface area contributed by atoms with Crippen molar-refractivity contribution in [2.45, 2.75) is 45.3 Å². The fourth-order valence-corrected chi connectivity index (χ4v) is 1.37. The Hall–Kier alpha value is -0.0951. The summed E-state index contributed by atoms with van der Waals surface area (Å²) in [4.78, 5) is 0. The van der Waals surface area contributed by atoms with E-state index in [1.54, 1.807) is 27.7 Å². The third kappa shape index (κ3) is 6.60. The highest BCUT2D eigenvalue weighted by atomic mass is 16.6. The third-order valence-electron chi connectivity index (χ3n) is 1.28. The van der Waals surface area contributed by atoms with Gasteiger partial charge in [0.15, 0.2) is 0 Å². The Kier molecular flexibility index (Phi) is 3.71. The molecule has 4 nitrogen and oxygen atoms in total. The molecule has 3 N–H and O–H groups in total. The number of aliphatic hydroxyl groups is 1. The zero-order chi connectivity index (χ0) is 9.99. The lowest BCUT2D eigenvalue weighted by Crippen LogP contribution is -2.39. The maximum atomic E-state index is 9.42. The van der Waals surface area contributed by atoms with Gasteiger partial charge in [0.2, 0.25) is 0 Å². The average molecular weight is 176 g/mol. The van der Waals surface area contributed by atoms with E-state index in [1.807, 2.05) is 0 Å². The maximum Gasteiger partial charge on any atom is 0.634 e. The van der Waals surface area contributed by atoms with Gasteiger partial charge in [-0.25, -0.2) is 0 Å². The summed E-state index contributed by atoms with van der Waals surface area (Å²) < 4.78 is 4.76. The van der Waals surface area contributed by atoms with E-state index in [2.05, 4.69) is 0 Å². The fourth-order valence-electron chi connectivity index (χ4n) is 1.37. The Bertz CT molecular complexity index is 139. The molecule has 5 heteroatoms. The average Bonchev–Trinajstić information content (AvgIpc) is 1.48. The van der Waals surface area contributed by atoms with Gasteiger partial charge in [0.1, 0.15) is 0 Å². The molecule has 0 heterocycles. The molecule has 0 aromatic heterocycles. The van der Waals surface area contributed by atoms with Gasteiger partial charge < -0.3 is 19.8 Å². The van der Waals surface area contributed by atoms with E-state index in [1.165, 1.54) is 0 Å². The molecule has 0 saturated heterocycles. The molecule has 0 bridgehead atoms. The number of hydrogen-bond donors (Lipinski definition) is 3. The third-order valence-corrected chi connectivity index (χ3v) is 1.28. The van der Waals surface area contributed by atoms with Crippen molar-refractivity contribution >= 4 is 7.32 Å². The smallest absolute Gasteiger partial charge is 0.402 e. The van der Waals surface area contributed by atoms with Crippen LogP contribution in [0, 0.1) is 0 Å². The van der Waals surface area contributed by atoms with E-state index >= 15 is 0 Å². The summed E-state index contributed by atoms with van der Waals surface area (Å²) in [6, 6.07) is 0. The molecule has 12 heavy (non-hydrogen) atoms.